The molecule has 6 aliphatic carbocycles. The van der Waals surface area contributed by atoms with Crippen molar-refractivity contribution in [2.75, 3.05) is 19.8 Å². The molecule has 6 fully saturated rings. The summed E-state index contributed by atoms with van der Waals surface area (Å²) in [5.74, 6) is -1.14. The molecule has 0 aromatic rings. The van der Waals surface area contributed by atoms with Crippen LogP contribution in [0.5, 0.6) is 0 Å². The number of carbonyl (C=O) groups excluding carboxylic acids is 3. The number of Topliss-reactive ketones (excluding diaryl/α,β-unsaturated/α-hetero) is 1. The molecular weight excluding hydrogens is 710 g/mol. The predicted octanol–water partition coefficient (Wildman–Crippen LogP) is 7.73. The molecule has 10 nitrogen and oxygen atoms in total. The van der Waals surface area contributed by atoms with Gasteiger partial charge in [-0.2, -0.15) is 17.2 Å². The monoisotopic (exact) mass is 768 g/mol. The fraction of sp³-hybridized carbons (Fsp3) is 0.875. The van der Waals surface area contributed by atoms with Crippen molar-refractivity contribution in [3.63, 3.8) is 0 Å². The van der Waals surface area contributed by atoms with Gasteiger partial charge >= 0.3 is 27.3 Å². The SMILES string of the molecule is CC1C=C2CCCC(C(=O)CCC3(COC(=O)C45CCCC(CC(C)C4)C5)COC(C4CC5CCCC(OC(=O)C(F)(F)S(=O)(=O)O)(C5)C4)OC3)(C2)C1. The van der Waals surface area contributed by atoms with Gasteiger partial charge in [0.1, 0.15) is 18.0 Å². The highest BCUT2D eigenvalue weighted by atomic mass is 32.2. The summed E-state index contributed by atoms with van der Waals surface area (Å²) in [6, 6.07) is 0. The standard InChI is InChI=1S/C40H58F2O10S/c1-26-14-28-6-3-10-37(17-26,19-28)32(43)9-13-36(25-51-34(44)38-11-4-7-29(20-38)15-27(2)18-38)23-49-33(50-24-36)31-16-30-8-5-12-39(21-30,22-31)52-35(45)40(41,42)53(46,47)48/h14,26-27,29-31,33H,3-13,15-25H2,1-2H3,(H,46,47,48). The molecule has 8 unspecified atom stereocenters. The van der Waals surface area contributed by atoms with Gasteiger partial charge in [0.15, 0.2) is 6.29 Å². The number of ketones is 1. The number of ether oxygens (including phenoxy) is 4. The highest BCUT2D eigenvalue weighted by Gasteiger charge is 2.59. The maximum atomic E-state index is 14.3. The van der Waals surface area contributed by atoms with Gasteiger partial charge in [-0.15, -0.1) is 0 Å². The Morgan fingerprint density at radius 2 is 1.62 bits per heavy atom. The van der Waals surface area contributed by atoms with Crippen molar-refractivity contribution in [2.24, 2.45) is 45.8 Å². The zero-order valence-electron chi connectivity index (χ0n) is 31.4. The summed E-state index contributed by atoms with van der Waals surface area (Å²) < 4.78 is 84.6. The van der Waals surface area contributed by atoms with E-state index in [1.807, 2.05) is 0 Å². The number of alkyl halides is 2. The molecule has 0 aromatic heterocycles. The summed E-state index contributed by atoms with van der Waals surface area (Å²) in [5, 5.41) is -5.08. The van der Waals surface area contributed by atoms with Crippen molar-refractivity contribution >= 4 is 27.8 Å². The maximum absolute atomic E-state index is 14.3. The average molecular weight is 769 g/mol. The van der Waals surface area contributed by atoms with Gasteiger partial charge in [-0.3, -0.25) is 14.1 Å². The third-order valence-electron chi connectivity index (χ3n) is 14.3. The minimum atomic E-state index is -6.00. The number of allylic oxidation sites excluding steroid dienone is 2. The Morgan fingerprint density at radius 1 is 0.925 bits per heavy atom. The summed E-state index contributed by atoms with van der Waals surface area (Å²) in [6.07, 6.45) is 15.6. The van der Waals surface area contributed by atoms with E-state index in [9.17, 15) is 31.6 Å². The van der Waals surface area contributed by atoms with E-state index >= 15 is 0 Å². The third kappa shape index (κ3) is 7.88. The van der Waals surface area contributed by atoms with Gasteiger partial charge < -0.3 is 18.9 Å². The Morgan fingerprint density at radius 3 is 2.36 bits per heavy atom. The van der Waals surface area contributed by atoms with Gasteiger partial charge in [-0.25, -0.2) is 4.79 Å². The maximum Gasteiger partial charge on any atom is 0.465 e. The van der Waals surface area contributed by atoms with Crippen molar-refractivity contribution in [3.05, 3.63) is 11.6 Å². The van der Waals surface area contributed by atoms with Crippen molar-refractivity contribution in [3.8, 4) is 0 Å². The largest absolute Gasteiger partial charge is 0.465 e. The van der Waals surface area contributed by atoms with E-state index in [0.717, 1.165) is 77.0 Å². The van der Waals surface area contributed by atoms with Crippen molar-refractivity contribution < 1.29 is 55.1 Å². The first kappa shape index (κ1) is 39.3. The summed E-state index contributed by atoms with van der Waals surface area (Å²) in [6.45, 7) is 4.82. The molecule has 1 aliphatic heterocycles. The van der Waals surface area contributed by atoms with E-state index in [1.54, 1.807) is 0 Å². The Hall–Kier alpha value is -1.96. The summed E-state index contributed by atoms with van der Waals surface area (Å²) in [4.78, 5) is 40.6. The Bertz CT molecular complexity index is 1570. The minimum Gasteiger partial charge on any atom is -0.464 e. The zero-order chi connectivity index (χ0) is 37.9. The molecule has 53 heavy (non-hydrogen) atoms. The van der Waals surface area contributed by atoms with E-state index in [4.69, 9.17) is 23.5 Å². The van der Waals surface area contributed by atoms with Crippen LogP contribution in [0.4, 0.5) is 8.78 Å². The second-order valence-corrected chi connectivity index (χ2v) is 20.3. The van der Waals surface area contributed by atoms with Crippen LogP contribution >= 0.6 is 0 Å². The van der Waals surface area contributed by atoms with Crippen LogP contribution in [-0.4, -0.2) is 67.7 Å². The highest BCUT2D eigenvalue weighted by molar-refractivity contribution is 7.87. The first-order valence-electron chi connectivity index (χ1n) is 20.2. The lowest BCUT2D eigenvalue weighted by Gasteiger charge is -2.50. The fourth-order valence-electron chi connectivity index (χ4n) is 12.2. The molecule has 7 aliphatic rings. The summed E-state index contributed by atoms with van der Waals surface area (Å²) >= 11 is 0. The molecule has 1 heterocycles. The van der Waals surface area contributed by atoms with Crippen molar-refractivity contribution in [1.82, 2.24) is 0 Å². The molecule has 0 spiro atoms. The summed E-state index contributed by atoms with van der Waals surface area (Å²) in [5.41, 5.74) is -1.55. The predicted molar refractivity (Wildman–Crippen MR) is 189 cm³/mol. The first-order chi connectivity index (χ1) is 25.0. The first-order valence-corrected chi connectivity index (χ1v) is 21.6. The number of carbonyl (C=O) groups is 3. The molecule has 1 N–H and O–H groups in total. The highest BCUT2D eigenvalue weighted by Crippen LogP contribution is 2.54. The van der Waals surface area contributed by atoms with E-state index in [0.29, 0.717) is 49.9 Å². The Balaban J connectivity index is 1.05. The van der Waals surface area contributed by atoms with Crippen LogP contribution in [0.1, 0.15) is 136 Å². The second-order valence-electron chi connectivity index (χ2n) is 18.8. The molecule has 8 atom stereocenters. The number of rotatable bonds is 11. The topological polar surface area (TPSA) is 142 Å². The van der Waals surface area contributed by atoms with Gasteiger partial charge in [-0.05, 0) is 120 Å². The number of fused-ring (bicyclic) bond motifs is 6. The Kier molecular flexibility index (Phi) is 10.8. The van der Waals surface area contributed by atoms with Gasteiger partial charge in [0.05, 0.1) is 24.0 Å². The lowest BCUT2D eigenvalue weighted by molar-refractivity contribution is -0.274. The minimum absolute atomic E-state index is 0.0233. The lowest BCUT2D eigenvalue weighted by atomic mass is 9.59. The number of esters is 2. The lowest BCUT2D eigenvalue weighted by Crippen LogP contribution is -2.54. The molecule has 6 bridgehead atoms. The molecule has 0 amide bonds. The van der Waals surface area contributed by atoms with Gasteiger partial charge in [0.2, 0.25) is 0 Å². The van der Waals surface area contributed by atoms with Gasteiger partial charge in [0, 0.05) is 17.8 Å². The smallest absolute Gasteiger partial charge is 0.464 e. The van der Waals surface area contributed by atoms with E-state index < -0.39 is 44.1 Å². The fourth-order valence-corrected chi connectivity index (χ4v) is 12.4. The average Bonchev–Trinajstić information content (AvgIpc) is 3.08. The number of hydrogen-bond acceptors (Lipinski definition) is 9. The Labute approximate surface area is 312 Å². The van der Waals surface area contributed by atoms with E-state index in [2.05, 4.69) is 19.9 Å². The molecule has 0 aromatic carbocycles. The third-order valence-corrected chi connectivity index (χ3v) is 15.1. The van der Waals surface area contributed by atoms with Crippen molar-refractivity contribution in [1.29, 1.82) is 0 Å². The summed E-state index contributed by atoms with van der Waals surface area (Å²) in [7, 11) is -6.00. The number of hydrogen-bond donors (Lipinski definition) is 1. The molecule has 5 saturated carbocycles. The zero-order valence-corrected chi connectivity index (χ0v) is 32.2. The number of halogens is 2. The molecule has 7 rings (SSSR count). The van der Waals surface area contributed by atoms with E-state index in [-0.39, 0.29) is 61.7 Å². The second kappa shape index (κ2) is 14.5. The van der Waals surface area contributed by atoms with Gasteiger partial charge in [-0.1, -0.05) is 44.8 Å². The van der Waals surface area contributed by atoms with Crippen LogP contribution in [0.25, 0.3) is 0 Å². The van der Waals surface area contributed by atoms with Crippen LogP contribution in [0.15, 0.2) is 11.6 Å². The van der Waals surface area contributed by atoms with Crippen LogP contribution in [0.2, 0.25) is 0 Å². The van der Waals surface area contributed by atoms with Crippen LogP contribution in [0, 0.1) is 45.8 Å². The normalized spacial score (nSPS) is 41.5. The van der Waals surface area contributed by atoms with Crippen LogP contribution in [0.3, 0.4) is 0 Å². The van der Waals surface area contributed by atoms with Crippen LogP contribution in [-0.2, 0) is 43.4 Å². The van der Waals surface area contributed by atoms with Crippen LogP contribution < -0.4 is 0 Å². The molecule has 1 saturated heterocycles. The van der Waals surface area contributed by atoms with Gasteiger partial charge in [0.25, 0.3) is 0 Å². The molecule has 298 valence electrons. The van der Waals surface area contributed by atoms with Crippen molar-refractivity contribution in [2.45, 2.75) is 153 Å². The quantitative estimate of drug-likeness (QED) is 0.126. The molecule has 0 radical (unpaired) electrons. The molecule has 13 heteroatoms. The molecular formula is C40H58F2O10S. The van der Waals surface area contributed by atoms with E-state index in [1.165, 1.54) is 5.57 Å².